The van der Waals surface area contributed by atoms with Crippen molar-refractivity contribution in [3.8, 4) is 6.07 Å². The number of halogens is 1. The lowest BCUT2D eigenvalue weighted by atomic mass is 9.70. The molecule has 31 heavy (non-hydrogen) atoms. The van der Waals surface area contributed by atoms with Crippen LogP contribution in [0.5, 0.6) is 0 Å². The van der Waals surface area contributed by atoms with Gasteiger partial charge in [0, 0.05) is 25.7 Å². The number of amides is 2. The molecule has 3 saturated heterocycles. The fourth-order valence-corrected chi connectivity index (χ4v) is 6.07. The van der Waals surface area contributed by atoms with Gasteiger partial charge < -0.3 is 15.5 Å². The average molecular weight is 426 g/mol. The van der Waals surface area contributed by atoms with Crippen molar-refractivity contribution in [1.82, 2.24) is 14.7 Å². The minimum absolute atomic E-state index is 0.0869. The molecule has 0 radical (unpaired) electrons. The molecule has 2 N–H and O–H groups in total. The van der Waals surface area contributed by atoms with Gasteiger partial charge in [0.25, 0.3) is 0 Å². The van der Waals surface area contributed by atoms with Gasteiger partial charge in [0.1, 0.15) is 11.9 Å². The van der Waals surface area contributed by atoms with Crippen LogP contribution in [0.2, 0.25) is 0 Å². The highest BCUT2D eigenvalue weighted by atomic mass is 19.1. The average Bonchev–Trinajstić information content (AvgIpc) is 3.43. The van der Waals surface area contributed by atoms with E-state index < -0.39 is 6.04 Å². The highest BCUT2D eigenvalue weighted by Gasteiger charge is 2.58. The Labute approximate surface area is 181 Å². The van der Waals surface area contributed by atoms with E-state index in [1.54, 1.807) is 4.90 Å². The summed E-state index contributed by atoms with van der Waals surface area (Å²) in [7, 11) is 0. The number of carbonyl (C=O) groups excluding carboxylic acids is 2. The SMILES string of the molecule is N#C[C@@H]1CCCN1C(=O)[C@@H](N)CN1CC2C[C@H]1C(=O)N2C1(c2ccc(F)cc2)CCC1. The number of nitrogens with zero attached hydrogens (tertiary/aromatic N) is 4. The van der Waals surface area contributed by atoms with Gasteiger partial charge in [-0.25, -0.2) is 4.39 Å². The van der Waals surface area contributed by atoms with E-state index in [0.29, 0.717) is 26.1 Å². The Morgan fingerprint density at radius 3 is 2.65 bits per heavy atom. The monoisotopic (exact) mass is 425 g/mol. The number of benzene rings is 1. The van der Waals surface area contributed by atoms with E-state index in [0.717, 1.165) is 37.7 Å². The summed E-state index contributed by atoms with van der Waals surface area (Å²) in [6.07, 6.45) is 5.11. The summed E-state index contributed by atoms with van der Waals surface area (Å²) in [6.45, 7) is 1.60. The van der Waals surface area contributed by atoms with Gasteiger partial charge >= 0.3 is 0 Å². The zero-order valence-corrected chi connectivity index (χ0v) is 17.5. The maximum Gasteiger partial charge on any atom is 0.241 e. The van der Waals surface area contributed by atoms with Crippen molar-refractivity contribution in [3.05, 3.63) is 35.6 Å². The van der Waals surface area contributed by atoms with Crippen LogP contribution in [0.25, 0.3) is 0 Å². The first-order chi connectivity index (χ1) is 14.9. The molecular formula is C23H28FN5O2. The van der Waals surface area contributed by atoms with E-state index in [1.165, 1.54) is 12.1 Å². The third-order valence-electron chi connectivity index (χ3n) is 7.73. The molecule has 4 atom stereocenters. The topological polar surface area (TPSA) is 93.7 Å². The summed E-state index contributed by atoms with van der Waals surface area (Å²) in [5.74, 6) is -0.372. The second-order valence-corrected chi connectivity index (χ2v) is 9.38. The minimum atomic E-state index is -0.732. The zero-order valence-electron chi connectivity index (χ0n) is 17.5. The smallest absolute Gasteiger partial charge is 0.241 e. The van der Waals surface area contributed by atoms with Crippen LogP contribution >= 0.6 is 0 Å². The van der Waals surface area contributed by atoms with Gasteiger partial charge in [0.05, 0.1) is 23.7 Å². The first kappa shape index (κ1) is 20.4. The van der Waals surface area contributed by atoms with Crippen molar-refractivity contribution < 1.29 is 14.0 Å². The number of nitrogens with two attached hydrogens (primary N) is 1. The Balaban J connectivity index is 1.28. The first-order valence-electron chi connectivity index (χ1n) is 11.2. The van der Waals surface area contributed by atoms with Crippen molar-refractivity contribution in [2.75, 3.05) is 19.6 Å². The van der Waals surface area contributed by atoms with Gasteiger partial charge in [-0.2, -0.15) is 5.26 Å². The fraction of sp³-hybridized carbons (Fsp3) is 0.609. The molecule has 5 rings (SSSR count). The lowest BCUT2D eigenvalue weighted by Crippen LogP contribution is -2.62. The Hall–Kier alpha value is -2.50. The maximum absolute atomic E-state index is 13.4. The highest BCUT2D eigenvalue weighted by molar-refractivity contribution is 5.87. The molecule has 2 amide bonds. The Morgan fingerprint density at radius 1 is 1.29 bits per heavy atom. The number of rotatable bonds is 5. The van der Waals surface area contributed by atoms with E-state index in [1.807, 2.05) is 21.9 Å². The van der Waals surface area contributed by atoms with Crippen LogP contribution < -0.4 is 5.73 Å². The summed E-state index contributed by atoms with van der Waals surface area (Å²) in [5, 5.41) is 9.25. The molecule has 3 aliphatic heterocycles. The second kappa shape index (κ2) is 7.57. The van der Waals surface area contributed by atoms with E-state index in [9.17, 15) is 19.2 Å². The van der Waals surface area contributed by atoms with Crippen LogP contribution in [0, 0.1) is 17.1 Å². The van der Waals surface area contributed by atoms with Crippen molar-refractivity contribution in [1.29, 1.82) is 5.26 Å². The molecule has 7 nitrogen and oxygen atoms in total. The molecular weight excluding hydrogens is 397 g/mol. The van der Waals surface area contributed by atoms with Gasteiger partial charge in [-0.1, -0.05) is 12.1 Å². The van der Waals surface area contributed by atoms with Crippen molar-refractivity contribution in [3.63, 3.8) is 0 Å². The van der Waals surface area contributed by atoms with Gasteiger partial charge in [-0.15, -0.1) is 0 Å². The zero-order chi connectivity index (χ0) is 21.8. The van der Waals surface area contributed by atoms with Crippen LogP contribution in [-0.2, 0) is 15.1 Å². The standard InChI is InChI=1S/C23H28FN5O2/c24-16-6-4-15(5-7-16)23(8-2-9-23)29-18-11-20(22(29)31)27(13-18)14-19(26)21(30)28-10-1-3-17(28)12-25/h4-7,17-20H,1-3,8-11,13-14,26H2/t17-,18?,19-,20-/m0/s1. The predicted molar refractivity (Wildman–Crippen MR) is 111 cm³/mol. The molecule has 8 heteroatoms. The third-order valence-corrected chi connectivity index (χ3v) is 7.73. The van der Waals surface area contributed by atoms with E-state index in [4.69, 9.17) is 5.73 Å². The number of fused-ring (bicyclic) bond motifs is 2. The summed E-state index contributed by atoms with van der Waals surface area (Å²) in [6, 6.07) is 7.45. The quantitative estimate of drug-likeness (QED) is 0.768. The Morgan fingerprint density at radius 2 is 2.03 bits per heavy atom. The third kappa shape index (κ3) is 3.14. The van der Waals surface area contributed by atoms with E-state index in [2.05, 4.69) is 6.07 Å². The molecule has 0 aromatic heterocycles. The van der Waals surface area contributed by atoms with Gasteiger partial charge in [0.15, 0.2) is 0 Å². The predicted octanol–water partition coefficient (Wildman–Crippen LogP) is 1.33. The van der Waals surface area contributed by atoms with Crippen molar-refractivity contribution in [2.45, 2.75) is 68.2 Å². The molecule has 164 valence electrons. The Bertz CT molecular complexity index is 925. The van der Waals surface area contributed by atoms with E-state index >= 15 is 0 Å². The normalized spacial score (nSPS) is 30.4. The molecule has 1 aliphatic carbocycles. The summed E-state index contributed by atoms with van der Waals surface area (Å²) >= 11 is 0. The second-order valence-electron chi connectivity index (χ2n) is 9.38. The summed E-state index contributed by atoms with van der Waals surface area (Å²) < 4.78 is 13.4. The fourth-order valence-electron chi connectivity index (χ4n) is 6.07. The number of carbonyl (C=O) groups is 2. The number of nitriles is 1. The summed E-state index contributed by atoms with van der Waals surface area (Å²) in [4.78, 5) is 31.8. The van der Waals surface area contributed by atoms with Gasteiger partial charge in [-0.05, 0) is 56.2 Å². The van der Waals surface area contributed by atoms with Gasteiger partial charge in [-0.3, -0.25) is 14.5 Å². The molecule has 4 fully saturated rings. The molecule has 3 heterocycles. The molecule has 2 bridgehead atoms. The number of piperazine rings is 1. The number of likely N-dealkylation sites (tertiary alicyclic amines) is 3. The molecule has 1 saturated carbocycles. The van der Waals surface area contributed by atoms with Gasteiger partial charge in [0.2, 0.25) is 11.8 Å². The Kier molecular flexibility index (Phi) is 4.98. The van der Waals surface area contributed by atoms with Crippen molar-refractivity contribution in [2.24, 2.45) is 5.73 Å². The van der Waals surface area contributed by atoms with Crippen LogP contribution in [0.1, 0.15) is 44.1 Å². The van der Waals surface area contributed by atoms with E-state index in [-0.39, 0.29) is 41.3 Å². The van der Waals surface area contributed by atoms with Crippen LogP contribution in [0.3, 0.4) is 0 Å². The lowest BCUT2D eigenvalue weighted by molar-refractivity contribution is -0.150. The van der Waals surface area contributed by atoms with Crippen molar-refractivity contribution >= 4 is 11.8 Å². The largest absolute Gasteiger partial charge is 0.327 e. The maximum atomic E-state index is 13.4. The number of hydrogen-bond donors (Lipinski definition) is 1. The summed E-state index contributed by atoms with van der Waals surface area (Å²) in [5.41, 5.74) is 6.91. The molecule has 1 aromatic carbocycles. The number of hydrogen-bond acceptors (Lipinski definition) is 5. The highest BCUT2D eigenvalue weighted by Crippen LogP contribution is 2.51. The minimum Gasteiger partial charge on any atom is -0.327 e. The molecule has 1 aromatic rings. The molecule has 0 spiro atoms. The lowest BCUT2D eigenvalue weighted by Gasteiger charge is -2.53. The first-order valence-corrected chi connectivity index (χ1v) is 11.2. The van der Waals surface area contributed by atoms with Crippen LogP contribution in [-0.4, -0.2) is 70.3 Å². The molecule has 4 aliphatic rings. The molecule has 1 unspecified atom stereocenters. The van der Waals surface area contributed by atoms with Crippen LogP contribution in [0.15, 0.2) is 24.3 Å². The van der Waals surface area contributed by atoms with Crippen LogP contribution in [0.4, 0.5) is 4.39 Å².